The van der Waals surface area contributed by atoms with Gasteiger partial charge in [-0.25, -0.2) is 9.97 Å². The van der Waals surface area contributed by atoms with E-state index in [2.05, 4.69) is 59.3 Å². The molecule has 1 saturated heterocycles. The highest BCUT2D eigenvalue weighted by atomic mass is 16.5. The van der Waals surface area contributed by atoms with Crippen LogP contribution in [0.4, 0.5) is 5.82 Å². The molecule has 6 nitrogen and oxygen atoms in total. The summed E-state index contributed by atoms with van der Waals surface area (Å²) in [5.74, 6) is 2.56. The summed E-state index contributed by atoms with van der Waals surface area (Å²) in [4.78, 5) is 11.5. The Morgan fingerprint density at radius 3 is 2.52 bits per heavy atom. The molecular formula is C27H29N3O3. The molecule has 0 bridgehead atoms. The highest BCUT2D eigenvalue weighted by Crippen LogP contribution is 2.38. The summed E-state index contributed by atoms with van der Waals surface area (Å²) in [6.45, 7) is 4.40. The number of aromatic nitrogens is 2. The number of fused-ring (bicyclic) bond motifs is 2. The lowest BCUT2D eigenvalue weighted by molar-refractivity contribution is 0.0474. The van der Waals surface area contributed by atoms with E-state index >= 15 is 0 Å². The van der Waals surface area contributed by atoms with Crippen LogP contribution in [0.15, 0.2) is 60.9 Å². The van der Waals surface area contributed by atoms with Gasteiger partial charge in [0.2, 0.25) is 0 Å². The first-order valence-corrected chi connectivity index (χ1v) is 11.4. The molecule has 2 heterocycles. The molecule has 0 saturated carbocycles. The maximum Gasteiger partial charge on any atom is 0.162 e. The lowest BCUT2D eigenvalue weighted by atomic mass is 9.86. The van der Waals surface area contributed by atoms with Crippen molar-refractivity contribution in [1.29, 1.82) is 0 Å². The van der Waals surface area contributed by atoms with Crippen molar-refractivity contribution in [2.24, 2.45) is 0 Å². The van der Waals surface area contributed by atoms with Gasteiger partial charge in [0.1, 0.15) is 12.1 Å². The number of benzene rings is 3. The second-order valence-electron chi connectivity index (χ2n) is 8.40. The minimum absolute atomic E-state index is 0.123. The summed E-state index contributed by atoms with van der Waals surface area (Å²) in [7, 11) is 3.29. The van der Waals surface area contributed by atoms with Gasteiger partial charge in [0.05, 0.1) is 25.8 Å². The predicted molar refractivity (Wildman–Crippen MR) is 132 cm³/mol. The van der Waals surface area contributed by atoms with Gasteiger partial charge in [0.15, 0.2) is 11.5 Å². The van der Waals surface area contributed by atoms with E-state index in [4.69, 9.17) is 19.2 Å². The Morgan fingerprint density at radius 1 is 0.909 bits per heavy atom. The third-order valence-electron chi connectivity index (χ3n) is 6.50. The molecule has 0 spiro atoms. The second kappa shape index (κ2) is 9.24. The van der Waals surface area contributed by atoms with Gasteiger partial charge in [0.25, 0.3) is 0 Å². The van der Waals surface area contributed by atoms with E-state index in [1.165, 1.54) is 16.3 Å². The number of piperidine rings is 1. The van der Waals surface area contributed by atoms with Gasteiger partial charge in [-0.05, 0) is 35.7 Å². The smallest absolute Gasteiger partial charge is 0.162 e. The van der Waals surface area contributed by atoms with E-state index in [9.17, 15) is 0 Å². The monoisotopic (exact) mass is 443 g/mol. The zero-order valence-electron chi connectivity index (χ0n) is 19.3. The summed E-state index contributed by atoms with van der Waals surface area (Å²) in [6, 6.07) is 19.1. The summed E-state index contributed by atoms with van der Waals surface area (Å²) in [5, 5.41) is 3.52. The number of hydrogen-bond donors (Lipinski definition) is 0. The van der Waals surface area contributed by atoms with Gasteiger partial charge in [-0.3, -0.25) is 0 Å². The minimum atomic E-state index is 0.123. The summed E-state index contributed by atoms with van der Waals surface area (Å²) < 4.78 is 17.2. The Labute approximate surface area is 194 Å². The van der Waals surface area contributed by atoms with E-state index in [-0.39, 0.29) is 6.10 Å². The topological polar surface area (TPSA) is 56.7 Å². The average molecular weight is 444 g/mol. The van der Waals surface area contributed by atoms with E-state index < -0.39 is 0 Å². The van der Waals surface area contributed by atoms with E-state index in [0.717, 1.165) is 36.2 Å². The van der Waals surface area contributed by atoms with Crippen molar-refractivity contribution < 1.29 is 14.2 Å². The molecule has 6 heteroatoms. The molecule has 0 aliphatic carbocycles. The van der Waals surface area contributed by atoms with Crippen molar-refractivity contribution in [3.05, 3.63) is 66.5 Å². The van der Waals surface area contributed by atoms with Crippen molar-refractivity contribution in [3.63, 3.8) is 0 Å². The molecule has 2 atom stereocenters. The molecule has 5 rings (SSSR count). The normalized spacial score (nSPS) is 18.6. The number of methoxy groups -OCH3 is 2. The first-order chi connectivity index (χ1) is 16.2. The van der Waals surface area contributed by atoms with Crippen molar-refractivity contribution in [2.75, 3.05) is 38.8 Å². The van der Waals surface area contributed by atoms with Crippen LogP contribution in [0.25, 0.3) is 21.7 Å². The van der Waals surface area contributed by atoms with Crippen LogP contribution in [0.3, 0.4) is 0 Å². The summed E-state index contributed by atoms with van der Waals surface area (Å²) >= 11 is 0. The molecule has 1 fully saturated rings. The SMILES string of the molecule is CCOC1CC(c2cccc3ccccc23)CN(c2ncnc3cc(OC)c(OC)cc23)C1. The molecule has 3 aromatic carbocycles. The van der Waals surface area contributed by atoms with Crippen LogP contribution in [0.1, 0.15) is 24.8 Å². The molecule has 1 aliphatic rings. The lowest BCUT2D eigenvalue weighted by Crippen LogP contribution is -2.44. The Balaban J connectivity index is 1.58. The van der Waals surface area contributed by atoms with Crippen LogP contribution in [0.5, 0.6) is 11.5 Å². The van der Waals surface area contributed by atoms with Crippen LogP contribution < -0.4 is 14.4 Å². The molecule has 33 heavy (non-hydrogen) atoms. The zero-order valence-corrected chi connectivity index (χ0v) is 19.3. The molecule has 1 aliphatic heterocycles. The number of anilines is 1. The van der Waals surface area contributed by atoms with Gasteiger partial charge in [-0.2, -0.15) is 0 Å². The standard InChI is InChI=1S/C27H29N3O3/c1-4-33-20-12-19(22-11-7-9-18-8-5-6-10-21(18)22)15-30(16-20)27-23-13-25(31-2)26(32-3)14-24(23)28-17-29-27/h5-11,13-14,17,19-20H,4,12,15-16H2,1-3H3. The van der Waals surface area contributed by atoms with Gasteiger partial charge >= 0.3 is 0 Å². The maximum absolute atomic E-state index is 6.16. The molecule has 4 aromatic rings. The average Bonchev–Trinajstić information content (AvgIpc) is 2.87. The second-order valence-corrected chi connectivity index (χ2v) is 8.40. The highest BCUT2D eigenvalue weighted by molar-refractivity contribution is 5.92. The van der Waals surface area contributed by atoms with E-state index in [0.29, 0.717) is 24.0 Å². The fourth-order valence-corrected chi connectivity index (χ4v) is 5.04. The van der Waals surface area contributed by atoms with E-state index in [1.54, 1.807) is 20.5 Å². The molecule has 0 amide bonds. The number of nitrogens with zero attached hydrogens (tertiary/aromatic N) is 3. The molecule has 1 aromatic heterocycles. The molecule has 0 radical (unpaired) electrons. The van der Waals surface area contributed by atoms with Gasteiger partial charge in [0, 0.05) is 37.1 Å². The predicted octanol–water partition coefficient (Wildman–Crippen LogP) is 5.20. The Kier molecular flexibility index (Phi) is 6.01. The fraction of sp³-hybridized carbons (Fsp3) is 0.333. The zero-order chi connectivity index (χ0) is 22.8. The Hall–Kier alpha value is -3.38. The molecular weight excluding hydrogens is 414 g/mol. The van der Waals surface area contributed by atoms with Crippen molar-refractivity contribution in [3.8, 4) is 11.5 Å². The largest absolute Gasteiger partial charge is 0.493 e. The lowest BCUT2D eigenvalue weighted by Gasteiger charge is -2.39. The number of ether oxygens (including phenoxy) is 3. The van der Waals surface area contributed by atoms with Crippen molar-refractivity contribution >= 4 is 27.5 Å². The third kappa shape index (κ3) is 4.07. The molecule has 170 valence electrons. The number of hydrogen-bond acceptors (Lipinski definition) is 6. The van der Waals surface area contributed by atoms with Crippen LogP contribution in [-0.2, 0) is 4.74 Å². The van der Waals surface area contributed by atoms with Gasteiger partial charge in [-0.1, -0.05) is 42.5 Å². The highest BCUT2D eigenvalue weighted by Gasteiger charge is 2.31. The van der Waals surface area contributed by atoms with E-state index in [1.807, 2.05) is 12.1 Å². The Bertz CT molecular complexity index is 1270. The minimum Gasteiger partial charge on any atom is -0.493 e. The summed E-state index contributed by atoms with van der Waals surface area (Å²) in [5.41, 5.74) is 2.19. The van der Waals surface area contributed by atoms with Crippen LogP contribution >= 0.6 is 0 Å². The molecule has 2 unspecified atom stereocenters. The summed E-state index contributed by atoms with van der Waals surface area (Å²) in [6.07, 6.45) is 2.73. The van der Waals surface area contributed by atoms with Crippen LogP contribution in [-0.4, -0.2) is 50.0 Å². The van der Waals surface area contributed by atoms with Crippen molar-refractivity contribution in [1.82, 2.24) is 9.97 Å². The number of rotatable bonds is 6. The van der Waals surface area contributed by atoms with Crippen LogP contribution in [0, 0.1) is 0 Å². The quantitative estimate of drug-likeness (QED) is 0.408. The van der Waals surface area contributed by atoms with Crippen molar-refractivity contribution in [2.45, 2.75) is 25.4 Å². The maximum atomic E-state index is 6.16. The van der Waals surface area contributed by atoms with Gasteiger partial charge < -0.3 is 19.1 Å². The third-order valence-corrected chi connectivity index (χ3v) is 6.50. The first-order valence-electron chi connectivity index (χ1n) is 11.4. The van der Waals surface area contributed by atoms with Crippen LogP contribution in [0.2, 0.25) is 0 Å². The first kappa shape index (κ1) is 21.5. The fourth-order valence-electron chi connectivity index (χ4n) is 5.04. The Morgan fingerprint density at radius 2 is 1.70 bits per heavy atom. The molecule has 0 N–H and O–H groups in total. The van der Waals surface area contributed by atoms with Gasteiger partial charge in [-0.15, -0.1) is 0 Å².